The van der Waals surface area contributed by atoms with Gasteiger partial charge in [0.25, 0.3) is 5.56 Å². The summed E-state index contributed by atoms with van der Waals surface area (Å²) >= 11 is 0. The van der Waals surface area contributed by atoms with Crippen molar-refractivity contribution in [2.75, 3.05) is 26.2 Å². The van der Waals surface area contributed by atoms with E-state index >= 15 is 0 Å². The lowest BCUT2D eigenvalue weighted by Gasteiger charge is -2.33. The molecule has 1 saturated heterocycles. The maximum atomic E-state index is 12.5. The number of ether oxygens (including phenoxy) is 1. The number of hydrogen-bond acceptors (Lipinski definition) is 4. The van der Waals surface area contributed by atoms with Gasteiger partial charge >= 0.3 is 6.09 Å². The molecule has 6 nitrogen and oxygen atoms in total. The van der Waals surface area contributed by atoms with E-state index in [1.165, 1.54) is 5.56 Å². The lowest BCUT2D eigenvalue weighted by Crippen LogP contribution is -2.49. The van der Waals surface area contributed by atoms with Crippen molar-refractivity contribution in [3.63, 3.8) is 0 Å². The summed E-state index contributed by atoms with van der Waals surface area (Å²) in [7, 11) is 0. The SMILES string of the molecule is CCc1ccc2[nH]c(=O)c(CN3CCN(C(=O)Oc4ccccc4)CC3)cc2c1. The highest BCUT2D eigenvalue weighted by Crippen LogP contribution is 2.16. The molecule has 0 aliphatic carbocycles. The average molecular weight is 391 g/mol. The number of aryl methyl sites for hydroxylation is 1. The Morgan fingerprint density at radius 3 is 2.52 bits per heavy atom. The van der Waals surface area contributed by atoms with Crippen LogP contribution in [0.3, 0.4) is 0 Å². The highest BCUT2D eigenvalue weighted by molar-refractivity contribution is 5.79. The number of aromatic nitrogens is 1. The van der Waals surface area contributed by atoms with E-state index in [1.807, 2.05) is 36.4 Å². The number of carbonyl (C=O) groups is 1. The number of nitrogens with one attached hydrogen (secondary N) is 1. The topological polar surface area (TPSA) is 65.6 Å². The smallest absolute Gasteiger partial charge is 0.410 e. The van der Waals surface area contributed by atoms with E-state index in [4.69, 9.17) is 4.74 Å². The van der Waals surface area contributed by atoms with Gasteiger partial charge < -0.3 is 14.6 Å². The lowest BCUT2D eigenvalue weighted by molar-refractivity contribution is 0.107. The molecule has 1 aromatic heterocycles. The third-order valence-corrected chi connectivity index (χ3v) is 5.37. The Bertz CT molecular complexity index is 1050. The van der Waals surface area contributed by atoms with Gasteiger partial charge in [-0.25, -0.2) is 4.79 Å². The van der Waals surface area contributed by atoms with Gasteiger partial charge in [-0.15, -0.1) is 0 Å². The molecule has 150 valence electrons. The number of pyridine rings is 1. The molecule has 1 N–H and O–H groups in total. The van der Waals surface area contributed by atoms with Crippen LogP contribution < -0.4 is 10.3 Å². The fourth-order valence-electron chi connectivity index (χ4n) is 3.62. The summed E-state index contributed by atoms with van der Waals surface area (Å²) in [5.74, 6) is 0.550. The maximum absolute atomic E-state index is 12.5. The molecular weight excluding hydrogens is 366 g/mol. The van der Waals surface area contributed by atoms with Gasteiger partial charge in [0.2, 0.25) is 0 Å². The molecule has 1 fully saturated rings. The summed E-state index contributed by atoms with van der Waals surface area (Å²) in [5.41, 5.74) is 2.82. The largest absolute Gasteiger partial charge is 0.415 e. The highest BCUT2D eigenvalue weighted by Gasteiger charge is 2.23. The number of nitrogens with zero attached hydrogens (tertiary/aromatic N) is 2. The number of hydrogen-bond donors (Lipinski definition) is 1. The maximum Gasteiger partial charge on any atom is 0.415 e. The summed E-state index contributed by atoms with van der Waals surface area (Å²) < 4.78 is 5.41. The van der Waals surface area contributed by atoms with Crippen LogP contribution in [0.4, 0.5) is 4.79 Å². The Hall–Kier alpha value is -3.12. The molecule has 0 spiro atoms. The van der Waals surface area contributed by atoms with Gasteiger partial charge in [-0.1, -0.05) is 31.2 Å². The molecule has 0 radical (unpaired) electrons. The van der Waals surface area contributed by atoms with Crippen molar-refractivity contribution in [3.05, 3.63) is 76.1 Å². The first-order valence-electron chi connectivity index (χ1n) is 10.0. The van der Waals surface area contributed by atoms with Crippen molar-refractivity contribution < 1.29 is 9.53 Å². The van der Waals surface area contributed by atoms with Crippen molar-refractivity contribution in [2.24, 2.45) is 0 Å². The Morgan fingerprint density at radius 2 is 1.79 bits per heavy atom. The third kappa shape index (κ3) is 4.49. The van der Waals surface area contributed by atoms with Crippen LogP contribution in [-0.4, -0.2) is 47.1 Å². The van der Waals surface area contributed by atoms with Crippen LogP contribution in [0.25, 0.3) is 10.9 Å². The van der Waals surface area contributed by atoms with Gasteiger partial charge in [-0.2, -0.15) is 0 Å². The van der Waals surface area contributed by atoms with E-state index < -0.39 is 0 Å². The molecule has 1 aliphatic heterocycles. The van der Waals surface area contributed by atoms with Crippen LogP contribution in [0.2, 0.25) is 0 Å². The zero-order valence-electron chi connectivity index (χ0n) is 16.6. The molecule has 6 heteroatoms. The Balaban J connectivity index is 1.38. The number of para-hydroxylation sites is 1. The first-order valence-corrected chi connectivity index (χ1v) is 10.0. The monoisotopic (exact) mass is 391 g/mol. The minimum Gasteiger partial charge on any atom is -0.410 e. The number of fused-ring (bicyclic) bond motifs is 1. The molecule has 0 atom stereocenters. The van der Waals surface area contributed by atoms with Gasteiger partial charge in [0.1, 0.15) is 5.75 Å². The van der Waals surface area contributed by atoms with Gasteiger partial charge in [0.15, 0.2) is 0 Å². The number of amides is 1. The van der Waals surface area contributed by atoms with E-state index in [0.29, 0.717) is 38.5 Å². The van der Waals surface area contributed by atoms with Crippen LogP contribution in [0.5, 0.6) is 5.75 Å². The molecule has 0 saturated carbocycles. The van der Waals surface area contributed by atoms with E-state index in [1.54, 1.807) is 17.0 Å². The summed E-state index contributed by atoms with van der Waals surface area (Å²) in [6, 6.07) is 17.2. The molecule has 2 aromatic carbocycles. The van der Waals surface area contributed by atoms with E-state index in [-0.39, 0.29) is 11.7 Å². The number of H-pyrrole nitrogens is 1. The van der Waals surface area contributed by atoms with Crippen molar-refractivity contribution in [1.82, 2.24) is 14.8 Å². The predicted octanol–water partition coefficient (Wildman–Crippen LogP) is 3.41. The zero-order valence-corrected chi connectivity index (χ0v) is 16.6. The standard InChI is InChI=1S/C23H25N3O3/c1-2-17-8-9-21-18(14-17)15-19(22(27)24-21)16-25-10-12-26(13-11-25)23(28)29-20-6-4-3-5-7-20/h3-9,14-15H,2,10-13,16H2,1H3,(H,24,27). The number of benzene rings is 2. The Labute approximate surface area is 169 Å². The number of piperazine rings is 1. The summed E-state index contributed by atoms with van der Waals surface area (Å²) in [4.78, 5) is 31.7. The molecule has 1 aliphatic rings. The van der Waals surface area contributed by atoms with E-state index in [9.17, 15) is 9.59 Å². The number of aromatic amines is 1. The summed E-state index contributed by atoms with van der Waals surface area (Å²) in [6.07, 6.45) is 0.636. The minimum atomic E-state index is -0.327. The predicted molar refractivity (Wildman–Crippen MR) is 113 cm³/mol. The second kappa shape index (κ2) is 8.49. The van der Waals surface area contributed by atoms with Gasteiger partial charge in [-0.3, -0.25) is 9.69 Å². The molecule has 29 heavy (non-hydrogen) atoms. The molecule has 2 heterocycles. The third-order valence-electron chi connectivity index (χ3n) is 5.37. The number of rotatable bonds is 4. The minimum absolute atomic E-state index is 0.0485. The second-order valence-electron chi connectivity index (χ2n) is 7.34. The molecule has 0 bridgehead atoms. The van der Waals surface area contributed by atoms with Gasteiger partial charge in [0, 0.05) is 43.8 Å². The van der Waals surface area contributed by atoms with E-state index in [2.05, 4.69) is 22.9 Å². The van der Waals surface area contributed by atoms with Crippen LogP contribution in [0.1, 0.15) is 18.1 Å². The first-order chi connectivity index (χ1) is 14.1. The fourth-order valence-corrected chi connectivity index (χ4v) is 3.62. The van der Waals surface area contributed by atoms with Crippen LogP contribution >= 0.6 is 0 Å². The van der Waals surface area contributed by atoms with E-state index in [0.717, 1.165) is 22.9 Å². The molecular formula is C23H25N3O3. The Morgan fingerprint density at radius 1 is 1.03 bits per heavy atom. The van der Waals surface area contributed by atoms with Gasteiger partial charge in [0.05, 0.1) is 0 Å². The molecule has 3 aromatic rings. The van der Waals surface area contributed by atoms with Crippen molar-refractivity contribution in [2.45, 2.75) is 19.9 Å². The Kier molecular flexibility index (Phi) is 5.62. The molecule has 4 rings (SSSR count). The van der Waals surface area contributed by atoms with Crippen LogP contribution in [0.15, 0.2) is 59.4 Å². The quantitative estimate of drug-likeness (QED) is 0.740. The normalized spacial score (nSPS) is 14.9. The van der Waals surface area contributed by atoms with Crippen LogP contribution in [0, 0.1) is 0 Å². The van der Waals surface area contributed by atoms with Crippen molar-refractivity contribution in [3.8, 4) is 5.75 Å². The fraction of sp³-hybridized carbons (Fsp3) is 0.304. The lowest BCUT2D eigenvalue weighted by atomic mass is 10.1. The molecule has 0 unspecified atom stereocenters. The molecule has 1 amide bonds. The van der Waals surface area contributed by atoms with Crippen molar-refractivity contribution in [1.29, 1.82) is 0 Å². The number of carbonyl (C=O) groups excluding carboxylic acids is 1. The second-order valence-corrected chi connectivity index (χ2v) is 7.34. The summed E-state index contributed by atoms with van der Waals surface area (Å²) in [6.45, 7) is 5.26. The van der Waals surface area contributed by atoms with Gasteiger partial charge in [-0.05, 0) is 47.7 Å². The average Bonchev–Trinajstić information content (AvgIpc) is 2.75. The first kappa shape index (κ1) is 19.2. The van der Waals surface area contributed by atoms with Crippen molar-refractivity contribution >= 4 is 17.0 Å². The highest BCUT2D eigenvalue weighted by atomic mass is 16.6. The van der Waals surface area contributed by atoms with Crippen LogP contribution in [-0.2, 0) is 13.0 Å². The zero-order chi connectivity index (χ0) is 20.2. The summed E-state index contributed by atoms with van der Waals surface area (Å²) in [5, 5.41) is 1.06.